The second-order valence-corrected chi connectivity index (χ2v) is 5.20. The van der Waals surface area contributed by atoms with Crippen molar-refractivity contribution in [3.63, 3.8) is 0 Å². The fourth-order valence-electron chi connectivity index (χ4n) is 1.43. The van der Waals surface area contributed by atoms with Crippen LogP contribution < -0.4 is 5.32 Å². The average Bonchev–Trinajstić information content (AvgIpc) is 2.76. The Balaban J connectivity index is 2.24. The molecule has 0 radical (unpaired) electrons. The number of rotatable bonds is 3. The number of halogens is 3. The molecule has 0 saturated carbocycles. The molecule has 0 aliphatic heterocycles. The van der Waals surface area contributed by atoms with E-state index < -0.39 is 5.82 Å². The first-order chi connectivity index (χ1) is 8.08. The first kappa shape index (κ1) is 12.6. The number of nitrogens with zero attached hydrogens (tertiary/aromatic N) is 1. The Labute approximate surface area is 112 Å². The molecule has 1 aromatic heterocycles. The lowest BCUT2D eigenvalue weighted by atomic mass is 10.1. The fraction of sp³-hybridized carbons (Fsp3) is 0.182. The monoisotopic (exact) mass is 290 g/mol. The van der Waals surface area contributed by atoms with Crippen LogP contribution in [0, 0.1) is 5.82 Å². The van der Waals surface area contributed by atoms with E-state index in [1.54, 1.807) is 6.20 Å². The molecular formula is C11H9Cl2FN2S. The number of anilines is 1. The maximum atomic E-state index is 13.4. The number of benzene rings is 1. The highest BCUT2D eigenvalue weighted by atomic mass is 35.5. The van der Waals surface area contributed by atoms with Crippen LogP contribution in [0.4, 0.5) is 9.52 Å². The van der Waals surface area contributed by atoms with Gasteiger partial charge in [0.1, 0.15) is 5.82 Å². The third kappa shape index (κ3) is 2.89. The van der Waals surface area contributed by atoms with Crippen molar-refractivity contribution in [2.75, 3.05) is 5.32 Å². The van der Waals surface area contributed by atoms with Gasteiger partial charge in [0.25, 0.3) is 0 Å². The van der Waals surface area contributed by atoms with Gasteiger partial charge in [-0.15, -0.1) is 11.3 Å². The van der Waals surface area contributed by atoms with E-state index in [4.69, 9.17) is 23.2 Å². The Morgan fingerprint density at radius 2 is 2.12 bits per heavy atom. The van der Waals surface area contributed by atoms with Crippen molar-refractivity contribution in [3.05, 3.63) is 45.1 Å². The summed E-state index contributed by atoms with van der Waals surface area (Å²) in [4.78, 5) is 4.10. The maximum Gasteiger partial charge on any atom is 0.183 e. The van der Waals surface area contributed by atoms with Gasteiger partial charge in [-0.25, -0.2) is 9.37 Å². The highest BCUT2D eigenvalue weighted by Crippen LogP contribution is 2.30. The van der Waals surface area contributed by atoms with E-state index in [2.05, 4.69) is 10.3 Å². The van der Waals surface area contributed by atoms with Crippen molar-refractivity contribution in [1.29, 1.82) is 0 Å². The van der Waals surface area contributed by atoms with Crippen LogP contribution in [0.15, 0.2) is 23.7 Å². The smallest absolute Gasteiger partial charge is 0.183 e. The Morgan fingerprint density at radius 1 is 1.35 bits per heavy atom. The van der Waals surface area contributed by atoms with Gasteiger partial charge in [0.15, 0.2) is 5.13 Å². The summed E-state index contributed by atoms with van der Waals surface area (Å²) in [6, 6.07) is 2.62. The maximum absolute atomic E-state index is 13.4. The molecule has 0 bridgehead atoms. The van der Waals surface area contributed by atoms with Crippen LogP contribution in [0.5, 0.6) is 0 Å². The highest BCUT2D eigenvalue weighted by Gasteiger charge is 2.14. The number of thiazole rings is 1. The molecular weight excluding hydrogens is 282 g/mol. The van der Waals surface area contributed by atoms with Gasteiger partial charge in [0, 0.05) is 16.6 Å². The van der Waals surface area contributed by atoms with Gasteiger partial charge in [-0.2, -0.15) is 0 Å². The van der Waals surface area contributed by atoms with Gasteiger partial charge >= 0.3 is 0 Å². The van der Waals surface area contributed by atoms with Gasteiger partial charge in [-0.1, -0.05) is 23.2 Å². The van der Waals surface area contributed by atoms with Crippen LogP contribution >= 0.6 is 34.5 Å². The molecule has 6 heteroatoms. The summed E-state index contributed by atoms with van der Waals surface area (Å²) in [5, 5.41) is 6.23. The summed E-state index contributed by atoms with van der Waals surface area (Å²) in [5.41, 5.74) is 0.656. The molecule has 1 N–H and O–H groups in total. The van der Waals surface area contributed by atoms with E-state index in [-0.39, 0.29) is 11.1 Å². The van der Waals surface area contributed by atoms with Crippen molar-refractivity contribution in [3.8, 4) is 0 Å². The molecule has 90 valence electrons. The van der Waals surface area contributed by atoms with E-state index in [1.165, 1.54) is 23.5 Å². The van der Waals surface area contributed by atoms with E-state index >= 15 is 0 Å². The first-order valence-electron chi connectivity index (χ1n) is 4.88. The summed E-state index contributed by atoms with van der Waals surface area (Å²) in [7, 11) is 0. The van der Waals surface area contributed by atoms with Crippen LogP contribution in [-0.2, 0) is 0 Å². The number of nitrogens with one attached hydrogen (secondary N) is 1. The zero-order chi connectivity index (χ0) is 12.4. The second-order valence-electron chi connectivity index (χ2n) is 3.49. The lowest BCUT2D eigenvalue weighted by molar-refractivity contribution is 0.624. The molecule has 0 spiro atoms. The summed E-state index contributed by atoms with van der Waals surface area (Å²) >= 11 is 13.1. The molecule has 2 aromatic rings. The lowest BCUT2D eigenvalue weighted by Crippen LogP contribution is -2.07. The van der Waals surface area contributed by atoms with Gasteiger partial charge in [0.2, 0.25) is 0 Å². The normalized spacial score (nSPS) is 12.5. The van der Waals surface area contributed by atoms with Crippen molar-refractivity contribution < 1.29 is 4.39 Å². The SMILES string of the molecule is CC(Nc1nccs1)c1cc(F)c(Cl)cc1Cl. The molecule has 0 aliphatic rings. The quantitative estimate of drug-likeness (QED) is 0.824. The van der Waals surface area contributed by atoms with E-state index in [9.17, 15) is 4.39 Å². The van der Waals surface area contributed by atoms with E-state index in [0.29, 0.717) is 10.6 Å². The summed E-state index contributed by atoms with van der Waals surface area (Å²) in [6.45, 7) is 1.88. The first-order valence-corrected chi connectivity index (χ1v) is 6.52. The van der Waals surface area contributed by atoms with Crippen molar-refractivity contribution in [1.82, 2.24) is 4.98 Å². The minimum absolute atomic E-state index is 0.0280. The van der Waals surface area contributed by atoms with Gasteiger partial charge in [-0.05, 0) is 24.6 Å². The number of aromatic nitrogens is 1. The molecule has 0 amide bonds. The van der Waals surface area contributed by atoms with Crippen molar-refractivity contribution >= 4 is 39.7 Å². The zero-order valence-electron chi connectivity index (χ0n) is 8.88. The highest BCUT2D eigenvalue weighted by molar-refractivity contribution is 7.13. The molecule has 1 heterocycles. The predicted octanol–water partition coefficient (Wildman–Crippen LogP) is 4.76. The van der Waals surface area contributed by atoms with Gasteiger partial charge in [0.05, 0.1) is 11.1 Å². The molecule has 1 aromatic carbocycles. The molecule has 17 heavy (non-hydrogen) atoms. The number of hydrogen-bond acceptors (Lipinski definition) is 3. The Bertz CT molecular complexity index is 516. The minimum Gasteiger partial charge on any atom is -0.355 e. The summed E-state index contributed by atoms with van der Waals surface area (Å²) < 4.78 is 13.4. The Hall–Kier alpha value is -0.840. The molecule has 0 saturated heterocycles. The molecule has 0 fully saturated rings. The van der Waals surface area contributed by atoms with Gasteiger partial charge < -0.3 is 5.32 Å². The van der Waals surface area contributed by atoms with Crippen molar-refractivity contribution in [2.24, 2.45) is 0 Å². The lowest BCUT2D eigenvalue weighted by Gasteiger charge is -2.15. The fourth-order valence-corrected chi connectivity index (χ4v) is 2.59. The van der Waals surface area contributed by atoms with Crippen LogP contribution in [-0.4, -0.2) is 4.98 Å². The molecule has 1 atom stereocenters. The van der Waals surface area contributed by atoms with Crippen LogP contribution in [0.25, 0.3) is 0 Å². The molecule has 1 unspecified atom stereocenters. The van der Waals surface area contributed by atoms with Crippen LogP contribution in [0.3, 0.4) is 0 Å². The van der Waals surface area contributed by atoms with Crippen molar-refractivity contribution in [2.45, 2.75) is 13.0 Å². The summed E-state index contributed by atoms with van der Waals surface area (Å²) in [5.74, 6) is -0.473. The minimum atomic E-state index is -0.473. The topological polar surface area (TPSA) is 24.9 Å². The predicted molar refractivity (Wildman–Crippen MR) is 70.6 cm³/mol. The third-order valence-corrected chi connectivity index (χ3v) is 3.60. The van der Waals surface area contributed by atoms with E-state index in [1.807, 2.05) is 12.3 Å². The third-order valence-electron chi connectivity index (χ3n) is 2.28. The standard InChI is InChI=1S/C11H9Cl2FN2S/c1-6(16-11-15-2-3-17-11)7-4-10(14)9(13)5-8(7)12/h2-6H,1H3,(H,15,16). The average molecular weight is 291 g/mol. The van der Waals surface area contributed by atoms with Crippen LogP contribution in [0.1, 0.15) is 18.5 Å². The van der Waals surface area contributed by atoms with E-state index in [0.717, 1.165) is 5.13 Å². The zero-order valence-corrected chi connectivity index (χ0v) is 11.2. The Kier molecular flexibility index (Phi) is 3.86. The molecule has 2 nitrogen and oxygen atoms in total. The largest absolute Gasteiger partial charge is 0.355 e. The second kappa shape index (κ2) is 5.21. The Morgan fingerprint density at radius 3 is 2.76 bits per heavy atom. The number of hydrogen-bond donors (Lipinski definition) is 1. The molecule has 0 aliphatic carbocycles. The van der Waals surface area contributed by atoms with Gasteiger partial charge in [-0.3, -0.25) is 0 Å². The summed E-state index contributed by atoms with van der Waals surface area (Å²) in [6.07, 6.45) is 1.70. The molecule has 2 rings (SSSR count). The van der Waals surface area contributed by atoms with Crippen LogP contribution in [0.2, 0.25) is 10.0 Å².